The Kier molecular flexibility index (Phi) is 3.03. The fourth-order valence-corrected chi connectivity index (χ4v) is 3.37. The van der Waals surface area contributed by atoms with Crippen molar-refractivity contribution in [3.8, 4) is 5.69 Å². The first-order valence-electron chi connectivity index (χ1n) is 7.46. The molecule has 22 heavy (non-hydrogen) atoms. The molecule has 0 saturated carbocycles. The maximum absolute atomic E-state index is 11.5. The molecule has 4 heteroatoms. The van der Waals surface area contributed by atoms with Crippen molar-refractivity contribution in [3.63, 3.8) is 0 Å². The number of aromatic nitrogens is 1. The standard InChI is InChI=1S/C18H15BN2O/c19-18(22)20-11-10-17-15(12-20)14-8-4-5-9-16(14)21(17)13-6-2-1-3-7-13/h1-9H,10-12H2. The van der Waals surface area contributed by atoms with Gasteiger partial charge in [-0.3, -0.25) is 4.79 Å². The van der Waals surface area contributed by atoms with Crippen molar-refractivity contribution in [1.29, 1.82) is 0 Å². The van der Waals surface area contributed by atoms with E-state index in [1.165, 1.54) is 22.2 Å². The summed E-state index contributed by atoms with van der Waals surface area (Å²) in [5.41, 5.74) is 4.84. The molecule has 0 bridgehead atoms. The van der Waals surface area contributed by atoms with Gasteiger partial charge >= 0.3 is 0 Å². The van der Waals surface area contributed by atoms with E-state index in [1.54, 1.807) is 4.90 Å². The molecule has 4 rings (SSSR count). The van der Waals surface area contributed by atoms with E-state index in [2.05, 4.69) is 47.0 Å². The molecule has 1 aliphatic heterocycles. The summed E-state index contributed by atoms with van der Waals surface area (Å²) in [6, 6.07) is 18.7. The SMILES string of the molecule is [B]C(=O)N1CCc2c(c3ccccc3n2-c2ccccc2)C1. The van der Waals surface area contributed by atoms with Crippen molar-refractivity contribution in [3.05, 3.63) is 65.9 Å². The summed E-state index contributed by atoms with van der Waals surface area (Å²) in [6.45, 7) is 1.26. The van der Waals surface area contributed by atoms with E-state index in [0.29, 0.717) is 13.1 Å². The number of nitrogens with zero attached hydrogens (tertiary/aromatic N) is 2. The molecule has 0 atom stereocenters. The molecule has 0 N–H and O–H groups in total. The van der Waals surface area contributed by atoms with Crippen LogP contribution in [0.5, 0.6) is 0 Å². The fourth-order valence-electron chi connectivity index (χ4n) is 3.37. The van der Waals surface area contributed by atoms with Crippen LogP contribution < -0.4 is 0 Å². The molecular weight excluding hydrogens is 271 g/mol. The molecule has 0 spiro atoms. The third kappa shape index (κ3) is 1.95. The van der Waals surface area contributed by atoms with Crippen LogP contribution in [0.1, 0.15) is 11.3 Å². The lowest BCUT2D eigenvalue weighted by molar-refractivity contribution is 0.216. The normalized spacial score (nSPS) is 14.1. The Balaban J connectivity index is 1.97. The lowest BCUT2D eigenvalue weighted by Crippen LogP contribution is -2.35. The first-order chi connectivity index (χ1) is 10.8. The van der Waals surface area contributed by atoms with Gasteiger partial charge in [-0.15, -0.1) is 0 Å². The van der Waals surface area contributed by atoms with Crippen molar-refractivity contribution in [2.75, 3.05) is 6.54 Å². The first-order valence-corrected chi connectivity index (χ1v) is 7.46. The van der Waals surface area contributed by atoms with Gasteiger partial charge in [0.1, 0.15) is 0 Å². The third-order valence-electron chi connectivity index (χ3n) is 4.38. The maximum Gasteiger partial charge on any atom is 0.200 e. The topological polar surface area (TPSA) is 25.2 Å². The van der Waals surface area contributed by atoms with Crippen LogP contribution in [-0.4, -0.2) is 29.7 Å². The Labute approximate surface area is 130 Å². The minimum atomic E-state index is -0.345. The van der Waals surface area contributed by atoms with E-state index in [0.717, 1.165) is 12.1 Å². The van der Waals surface area contributed by atoms with Gasteiger partial charge in [0.25, 0.3) is 0 Å². The van der Waals surface area contributed by atoms with Crippen molar-refractivity contribution in [2.45, 2.75) is 13.0 Å². The van der Waals surface area contributed by atoms with Gasteiger partial charge in [0, 0.05) is 41.8 Å². The van der Waals surface area contributed by atoms with Crippen LogP contribution in [0.3, 0.4) is 0 Å². The number of fused-ring (bicyclic) bond motifs is 3. The van der Waals surface area contributed by atoms with Gasteiger partial charge in [-0.2, -0.15) is 0 Å². The van der Waals surface area contributed by atoms with Gasteiger partial charge in [-0.1, -0.05) is 36.4 Å². The molecule has 3 nitrogen and oxygen atoms in total. The molecule has 2 aromatic carbocycles. The molecule has 1 aliphatic rings. The number of carbonyl (C=O) groups is 1. The third-order valence-corrected chi connectivity index (χ3v) is 4.38. The number of hydrogen-bond acceptors (Lipinski definition) is 1. The zero-order chi connectivity index (χ0) is 15.1. The van der Waals surface area contributed by atoms with E-state index < -0.39 is 0 Å². The van der Waals surface area contributed by atoms with Crippen LogP contribution >= 0.6 is 0 Å². The molecular formula is C18H15BN2O. The first kappa shape index (κ1) is 13.2. The fraction of sp³-hybridized carbons (Fsp3) is 0.167. The average Bonchev–Trinajstić information content (AvgIpc) is 2.89. The van der Waals surface area contributed by atoms with E-state index in [4.69, 9.17) is 7.85 Å². The minimum absolute atomic E-state index is 0.345. The second-order valence-electron chi connectivity index (χ2n) is 5.62. The van der Waals surface area contributed by atoms with Crippen molar-refractivity contribution < 1.29 is 4.79 Å². The van der Waals surface area contributed by atoms with Crippen LogP contribution in [-0.2, 0) is 13.0 Å². The smallest absolute Gasteiger partial charge is 0.200 e. The highest BCUT2D eigenvalue weighted by Gasteiger charge is 2.25. The van der Waals surface area contributed by atoms with Gasteiger partial charge in [-0.05, 0) is 18.2 Å². The second kappa shape index (κ2) is 5.06. The number of amides is 1. The Morgan fingerprint density at radius 2 is 1.73 bits per heavy atom. The van der Waals surface area contributed by atoms with Gasteiger partial charge in [0.05, 0.1) is 5.52 Å². The van der Waals surface area contributed by atoms with Crippen LogP contribution in [0, 0.1) is 0 Å². The predicted octanol–water partition coefficient (Wildman–Crippen LogP) is 3.28. The summed E-state index contributed by atoms with van der Waals surface area (Å²) in [4.78, 5) is 13.2. The number of rotatable bonds is 1. The number of hydrogen-bond donors (Lipinski definition) is 0. The Bertz CT molecular complexity index is 854. The summed E-state index contributed by atoms with van der Waals surface area (Å²) in [7, 11) is 5.47. The van der Waals surface area contributed by atoms with Crippen LogP contribution in [0.2, 0.25) is 0 Å². The Morgan fingerprint density at radius 3 is 2.50 bits per heavy atom. The summed E-state index contributed by atoms with van der Waals surface area (Å²) in [5, 5.41) is 1.20. The highest BCUT2D eigenvalue weighted by Crippen LogP contribution is 2.33. The van der Waals surface area contributed by atoms with Crippen LogP contribution in [0.4, 0.5) is 4.79 Å². The molecule has 106 valence electrons. The van der Waals surface area contributed by atoms with Crippen LogP contribution in [0.25, 0.3) is 16.6 Å². The van der Waals surface area contributed by atoms with Gasteiger partial charge in [0.15, 0.2) is 5.81 Å². The van der Waals surface area contributed by atoms with Gasteiger partial charge < -0.3 is 9.47 Å². The van der Waals surface area contributed by atoms with Gasteiger partial charge in [-0.25, -0.2) is 0 Å². The van der Waals surface area contributed by atoms with E-state index in [-0.39, 0.29) is 5.81 Å². The zero-order valence-corrected chi connectivity index (χ0v) is 12.2. The van der Waals surface area contributed by atoms with Crippen LogP contribution in [0.15, 0.2) is 54.6 Å². The van der Waals surface area contributed by atoms with Crippen molar-refractivity contribution in [1.82, 2.24) is 9.47 Å². The van der Waals surface area contributed by atoms with E-state index >= 15 is 0 Å². The van der Waals surface area contributed by atoms with E-state index in [9.17, 15) is 4.79 Å². The molecule has 3 aromatic rings. The largest absolute Gasteiger partial charge is 0.348 e. The van der Waals surface area contributed by atoms with Crippen molar-refractivity contribution >= 4 is 24.6 Å². The minimum Gasteiger partial charge on any atom is -0.348 e. The lowest BCUT2D eigenvalue weighted by atomic mass is 10.0. The quantitative estimate of drug-likeness (QED) is 0.630. The molecule has 2 heterocycles. The summed E-state index contributed by atoms with van der Waals surface area (Å²) >= 11 is 0. The highest BCUT2D eigenvalue weighted by atomic mass is 16.1. The summed E-state index contributed by atoms with van der Waals surface area (Å²) in [5.74, 6) is -0.345. The molecule has 1 aromatic heterocycles. The summed E-state index contributed by atoms with van der Waals surface area (Å²) < 4.78 is 2.31. The number of benzene rings is 2. The molecule has 1 amide bonds. The molecule has 0 aliphatic carbocycles. The van der Waals surface area contributed by atoms with Crippen molar-refractivity contribution in [2.24, 2.45) is 0 Å². The summed E-state index contributed by atoms with van der Waals surface area (Å²) in [6.07, 6.45) is 0.821. The molecule has 0 unspecified atom stereocenters. The van der Waals surface area contributed by atoms with Gasteiger partial charge in [0.2, 0.25) is 7.85 Å². The maximum atomic E-state index is 11.5. The Morgan fingerprint density at radius 1 is 1.00 bits per heavy atom. The number of carbonyl (C=O) groups excluding carboxylic acids is 1. The Hall–Kier alpha value is -2.49. The lowest BCUT2D eigenvalue weighted by Gasteiger charge is -2.27. The predicted molar refractivity (Wildman–Crippen MR) is 88.5 cm³/mol. The van der Waals surface area contributed by atoms with E-state index in [1.807, 2.05) is 12.1 Å². The molecule has 0 fully saturated rings. The monoisotopic (exact) mass is 286 g/mol. The zero-order valence-electron chi connectivity index (χ0n) is 12.2. The second-order valence-corrected chi connectivity index (χ2v) is 5.62. The molecule has 2 radical (unpaired) electrons. The number of para-hydroxylation sites is 2. The molecule has 0 saturated heterocycles. The highest BCUT2D eigenvalue weighted by molar-refractivity contribution is 6.56. The average molecular weight is 286 g/mol.